The lowest BCUT2D eigenvalue weighted by atomic mass is 9.97. The Hall–Kier alpha value is -0.610. The molecule has 0 atom stereocenters. The lowest BCUT2D eigenvalue weighted by molar-refractivity contribution is -0.141. The molecule has 15 heavy (non-hydrogen) atoms. The van der Waals surface area contributed by atoms with Gasteiger partial charge < -0.3 is 14.7 Å². The van der Waals surface area contributed by atoms with E-state index < -0.39 is 5.60 Å². The van der Waals surface area contributed by atoms with Gasteiger partial charge in [0.15, 0.2) is 0 Å². The van der Waals surface area contributed by atoms with Gasteiger partial charge in [0.25, 0.3) is 0 Å². The van der Waals surface area contributed by atoms with Crippen molar-refractivity contribution in [1.29, 1.82) is 0 Å². The Bertz CT molecular complexity index is 190. The summed E-state index contributed by atoms with van der Waals surface area (Å²) in [6.45, 7) is 5.15. The van der Waals surface area contributed by atoms with Crippen molar-refractivity contribution in [3.8, 4) is 0 Å². The van der Waals surface area contributed by atoms with Crippen LogP contribution in [0.1, 0.15) is 33.1 Å². The van der Waals surface area contributed by atoms with Crippen molar-refractivity contribution in [2.24, 2.45) is 0 Å². The molecule has 0 unspecified atom stereocenters. The Kier molecular flexibility index (Phi) is 6.52. The largest absolute Gasteiger partial charge is 0.469 e. The highest BCUT2D eigenvalue weighted by Gasteiger charge is 2.23. The molecular weight excluding hydrogens is 194 g/mol. The lowest BCUT2D eigenvalue weighted by Crippen LogP contribution is -2.41. The Morgan fingerprint density at radius 1 is 1.40 bits per heavy atom. The summed E-state index contributed by atoms with van der Waals surface area (Å²) in [5, 5.41) is 10.1. The molecule has 4 heteroatoms. The van der Waals surface area contributed by atoms with Crippen LogP contribution in [0, 0.1) is 0 Å². The van der Waals surface area contributed by atoms with Crippen molar-refractivity contribution in [3.05, 3.63) is 0 Å². The molecule has 0 spiro atoms. The maximum absolute atomic E-state index is 10.9. The summed E-state index contributed by atoms with van der Waals surface area (Å²) in [7, 11) is 3.29. The van der Waals surface area contributed by atoms with Crippen LogP contribution in [-0.4, -0.2) is 48.8 Å². The lowest BCUT2D eigenvalue weighted by Gasteiger charge is -2.30. The van der Waals surface area contributed by atoms with E-state index in [1.165, 1.54) is 7.11 Å². The molecule has 0 rings (SSSR count). The van der Waals surface area contributed by atoms with Crippen molar-refractivity contribution in [1.82, 2.24) is 4.90 Å². The summed E-state index contributed by atoms with van der Waals surface area (Å²) in [5.41, 5.74) is -0.634. The van der Waals surface area contributed by atoms with Gasteiger partial charge in [-0.05, 0) is 19.9 Å². The quantitative estimate of drug-likeness (QED) is 0.647. The number of hydrogen-bond donors (Lipinski definition) is 1. The zero-order valence-electron chi connectivity index (χ0n) is 10.2. The smallest absolute Gasteiger partial charge is 0.306 e. The molecule has 0 saturated heterocycles. The molecule has 0 aliphatic rings. The van der Waals surface area contributed by atoms with Crippen LogP contribution in [0.25, 0.3) is 0 Å². The maximum atomic E-state index is 10.9. The minimum atomic E-state index is -0.634. The topological polar surface area (TPSA) is 49.8 Å². The summed E-state index contributed by atoms with van der Waals surface area (Å²) in [5.74, 6) is -0.210. The number of rotatable bonds is 7. The number of aliphatic hydroxyl groups is 1. The third kappa shape index (κ3) is 5.74. The minimum absolute atomic E-state index is 0.210. The summed E-state index contributed by atoms with van der Waals surface area (Å²) in [4.78, 5) is 12.9. The maximum Gasteiger partial charge on any atom is 0.306 e. The highest BCUT2D eigenvalue weighted by atomic mass is 16.5. The number of hydrogen-bond acceptors (Lipinski definition) is 4. The van der Waals surface area contributed by atoms with Gasteiger partial charge >= 0.3 is 5.97 Å². The van der Waals surface area contributed by atoms with Gasteiger partial charge in [0.05, 0.1) is 19.1 Å². The fraction of sp³-hybridized carbons (Fsp3) is 0.909. The van der Waals surface area contributed by atoms with E-state index in [1.54, 1.807) is 0 Å². The third-order valence-corrected chi connectivity index (χ3v) is 2.81. The van der Waals surface area contributed by atoms with Crippen LogP contribution in [0.5, 0.6) is 0 Å². The summed E-state index contributed by atoms with van der Waals surface area (Å²) in [6.07, 6.45) is 1.83. The average molecular weight is 217 g/mol. The number of esters is 1. The SMILES string of the molecule is CCC(O)(CC)CN(C)CCC(=O)OC. The Labute approximate surface area is 92.2 Å². The van der Waals surface area contributed by atoms with Gasteiger partial charge in [0.2, 0.25) is 0 Å². The molecule has 0 radical (unpaired) electrons. The van der Waals surface area contributed by atoms with Crippen LogP contribution in [0.3, 0.4) is 0 Å². The first-order valence-corrected chi connectivity index (χ1v) is 5.45. The van der Waals surface area contributed by atoms with E-state index in [0.29, 0.717) is 19.5 Å². The standard InChI is InChI=1S/C11H23NO3/c1-5-11(14,6-2)9-12(3)8-7-10(13)15-4/h14H,5-9H2,1-4H3. The number of likely N-dealkylation sites (N-methyl/N-ethyl adjacent to an activating group) is 1. The van der Waals surface area contributed by atoms with E-state index in [2.05, 4.69) is 4.74 Å². The minimum Gasteiger partial charge on any atom is -0.469 e. The molecular formula is C11H23NO3. The first-order valence-electron chi connectivity index (χ1n) is 5.45. The summed E-state index contributed by atoms with van der Waals surface area (Å²) < 4.78 is 4.56. The molecule has 0 aromatic rings. The number of carbonyl (C=O) groups is 1. The predicted molar refractivity (Wildman–Crippen MR) is 59.7 cm³/mol. The van der Waals surface area contributed by atoms with E-state index in [9.17, 15) is 9.90 Å². The average Bonchev–Trinajstić information content (AvgIpc) is 2.25. The number of methoxy groups -OCH3 is 1. The second-order valence-corrected chi connectivity index (χ2v) is 4.00. The van der Waals surface area contributed by atoms with Crippen molar-refractivity contribution in [2.45, 2.75) is 38.7 Å². The molecule has 1 N–H and O–H groups in total. The van der Waals surface area contributed by atoms with Crippen molar-refractivity contribution < 1.29 is 14.6 Å². The second kappa shape index (κ2) is 6.80. The monoisotopic (exact) mass is 217 g/mol. The van der Waals surface area contributed by atoms with Crippen LogP contribution < -0.4 is 0 Å². The fourth-order valence-corrected chi connectivity index (χ4v) is 1.44. The normalized spacial score (nSPS) is 11.9. The van der Waals surface area contributed by atoms with E-state index in [-0.39, 0.29) is 5.97 Å². The van der Waals surface area contributed by atoms with Crippen LogP contribution in [0.2, 0.25) is 0 Å². The summed E-state index contributed by atoms with van der Waals surface area (Å²) in [6, 6.07) is 0. The molecule has 0 fully saturated rings. The van der Waals surface area contributed by atoms with Gasteiger partial charge in [-0.1, -0.05) is 13.8 Å². The molecule has 4 nitrogen and oxygen atoms in total. The molecule has 90 valence electrons. The van der Waals surface area contributed by atoms with Gasteiger partial charge in [-0.2, -0.15) is 0 Å². The highest BCUT2D eigenvalue weighted by Crippen LogP contribution is 2.15. The van der Waals surface area contributed by atoms with Crippen LogP contribution in [0.15, 0.2) is 0 Å². The number of ether oxygens (including phenoxy) is 1. The van der Waals surface area contributed by atoms with E-state index >= 15 is 0 Å². The number of nitrogens with zero attached hydrogens (tertiary/aromatic N) is 1. The van der Waals surface area contributed by atoms with Crippen molar-refractivity contribution in [3.63, 3.8) is 0 Å². The third-order valence-electron chi connectivity index (χ3n) is 2.81. The van der Waals surface area contributed by atoms with Crippen LogP contribution in [0.4, 0.5) is 0 Å². The Morgan fingerprint density at radius 2 is 1.93 bits per heavy atom. The van der Waals surface area contributed by atoms with Gasteiger partial charge in [-0.15, -0.1) is 0 Å². The molecule has 0 aliphatic heterocycles. The summed E-state index contributed by atoms with van der Waals surface area (Å²) >= 11 is 0. The first-order chi connectivity index (χ1) is 6.97. The van der Waals surface area contributed by atoms with Gasteiger partial charge in [-0.3, -0.25) is 4.79 Å². The molecule has 0 saturated carbocycles. The second-order valence-electron chi connectivity index (χ2n) is 4.00. The van der Waals surface area contributed by atoms with Gasteiger partial charge in [0.1, 0.15) is 0 Å². The fourth-order valence-electron chi connectivity index (χ4n) is 1.44. The highest BCUT2D eigenvalue weighted by molar-refractivity contribution is 5.69. The Balaban J connectivity index is 3.91. The molecule has 0 amide bonds. The molecule has 0 heterocycles. The van der Waals surface area contributed by atoms with Crippen LogP contribution >= 0.6 is 0 Å². The van der Waals surface area contributed by atoms with Crippen LogP contribution in [-0.2, 0) is 9.53 Å². The van der Waals surface area contributed by atoms with Gasteiger partial charge in [0, 0.05) is 13.1 Å². The van der Waals surface area contributed by atoms with Crippen molar-refractivity contribution in [2.75, 3.05) is 27.2 Å². The first kappa shape index (κ1) is 14.4. The van der Waals surface area contributed by atoms with E-state index in [1.807, 2.05) is 25.8 Å². The number of carbonyl (C=O) groups excluding carboxylic acids is 1. The molecule has 0 bridgehead atoms. The molecule has 0 aromatic heterocycles. The van der Waals surface area contributed by atoms with Gasteiger partial charge in [-0.25, -0.2) is 0 Å². The zero-order chi connectivity index (χ0) is 11.9. The van der Waals surface area contributed by atoms with Crippen molar-refractivity contribution >= 4 is 5.97 Å². The molecule has 0 aliphatic carbocycles. The Morgan fingerprint density at radius 3 is 2.33 bits per heavy atom. The zero-order valence-corrected chi connectivity index (χ0v) is 10.2. The van der Waals surface area contributed by atoms with E-state index in [0.717, 1.165) is 12.8 Å². The van der Waals surface area contributed by atoms with E-state index in [4.69, 9.17) is 0 Å². The predicted octanol–water partition coefficient (Wildman–Crippen LogP) is 1.03. The molecule has 0 aromatic carbocycles.